The second-order valence-electron chi connectivity index (χ2n) is 11.0. The van der Waals surface area contributed by atoms with Crippen LogP contribution in [-0.4, -0.2) is 54.5 Å². The van der Waals surface area contributed by atoms with Crippen molar-refractivity contribution in [2.24, 2.45) is 0 Å². The number of rotatable bonds is 6. The van der Waals surface area contributed by atoms with E-state index in [1.54, 1.807) is 17.6 Å². The summed E-state index contributed by atoms with van der Waals surface area (Å²) in [5, 5.41) is 3.46. The van der Waals surface area contributed by atoms with Gasteiger partial charge < -0.3 is 15.0 Å². The number of ether oxygens (including phenoxy) is 1. The van der Waals surface area contributed by atoms with Crippen LogP contribution in [0.3, 0.4) is 0 Å². The van der Waals surface area contributed by atoms with Gasteiger partial charge in [-0.3, -0.25) is 18.5 Å². The molecule has 1 atom stereocenters. The summed E-state index contributed by atoms with van der Waals surface area (Å²) in [4.78, 5) is 51.3. The number of carbonyl (C=O) groups excluding carboxylic acids is 1. The number of thiazole rings is 1. The van der Waals surface area contributed by atoms with Crippen molar-refractivity contribution in [3.8, 4) is 11.8 Å². The standard InChI is InChI=1S/C28H31FIN7O4S/c1-5-6-12-35-22-23(33-25(35)34-11-7-8-18(14-34)31-26(39)41-28(2,3)4)37(16-30)27(40)36(24(22)38)15-21-32-19-13-17(29)9-10-20(19)42-21/h9-10,13,18H,7-8,11-12,14-16H2,1-4H3,(H,31,39)/t18-/m1/s1. The number of fused-ring (bicyclic) bond motifs is 2. The smallest absolute Gasteiger partial charge is 0.407 e. The van der Waals surface area contributed by atoms with Crippen LogP contribution in [0.5, 0.6) is 0 Å². The zero-order valence-electron chi connectivity index (χ0n) is 23.7. The van der Waals surface area contributed by atoms with Crippen molar-refractivity contribution < 1.29 is 13.9 Å². The highest BCUT2D eigenvalue weighted by molar-refractivity contribution is 14.1. The molecule has 0 saturated carbocycles. The molecule has 1 saturated heterocycles. The number of hydrogen-bond donors (Lipinski definition) is 1. The van der Waals surface area contributed by atoms with Crippen molar-refractivity contribution in [3.63, 3.8) is 0 Å². The van der Waals surface area contributed by atoms with E-state index < -0.39 is 28.8 Å². The molecule has 0 bridgehead atoms. The van der Waals surface area contributed by atoms with E-state index >= 15 is 0 Å². The van der Waals surface area contributed by atoms with Gasteiger partial charge in [-0.1, -0.05) is 28.5 Å². The van der Waals surface area contributed by atoms with Gasteiger partial charge in [-0.25, -0.2) is 19.0 Å². The van der Waals surface area contributed by atoms with E-state index in [1.165, 1.54) is 28.0 Å². The first-order valence-corrected chi connectivity index (χ1v) is 15.8. The summed E-state index contributed by atoms with van der Waals surface area (Å²) in [5.74, 6) is 6.02. The number of amides is 1. The maximum atomic E-state index is 14.0. The summed E-state index contributed by atoms with van der Waals surface area (Å²) < 4.78 is 24.6. The van der Waals surface area contributed by atoms with E-state index in [-0.39, 0.29) is 34.8 Å². The lowest BCUT2D eigenvalue weighted by atomic mass is 10.1. The second-order valence-corrected chi connectivity index (χ2v) is 12.8. The van der Waals surface area contributed by atoms with Crippen LogP contribution in [0.2, 0.25) is 0 Å². The summed E-state index contributed by atoms with van der Waals surface area (Å²) >= 11 is 3.38. The number of alkyl carbamates (subject to hydrolysis) is 1. The second kappa shape index (κ2) is 12.0. The minimum absolute atomic E-state index is 0.0588. The third kappa shape index (κ3) is 6.17. The number of nitrogens with zero attached hydrogens (tertiary/aromatic N) is 6. The number of alkyl halides is 1. The highest BCUT2D eigenvalue weighted by atomic mass is 127. The Morgan fingerprint density at radius 3 is 2.74 bits per heavy atom. The molecule has 0 unspecified atom stereocenters. The van der Waals surface area contributed by atoms with Gasteiger partial charge in [0.1, 0.15) is 16.4 Å². The summed E-state index contributed by atoms with van der Waals surface area (Å²) in [6.07, 6.45) is 1.06. The highest BCUT2D eigenvalue weighted by Crippen LogP contribution is 2.26. The minimum atomic E-state index is -0.615. The third-order valence-electron chi connectivity index (χ3n) is 6.74. The van der Waals surface area contributed by atoms with Gasteiger partial charge in [-0.2, -0.15) is 4.98 Å². The minimum Gasteiger partial charge on any atom is -0.444 e. The van der Waals surface area contributed by atoms with E-state index in [2.05, 4.69) is 44.7 Å². The van der Waals surface area contributed by atoms with Gasteiger partial charge in [0.25, 0.3) is 5.56 Å². The fourth-order valence-corrected chi connectivity index (χ4v) is 6.53. The number of anilines is 1. The number of benzene rings is 1. The van der Waals surface area contributed by atoms with Crippen LogP contribution in [-0.2, 0) is 22.4 Å². The number of halogens is 2. The number of imidazole rings is 1. The first-order valence-electron chi connectivity index (χ1n) is 13.5. The Bertz CT molecular complexity index is 1840. The topological polar surface area (TPSA) is 116 Å². The molecular formula is C28H31FIN7O4S. The van der Waals surface area contributed by atoms with Gasteiger partial charge in [0.2, 0.25) is 5.95 Å². The van der Waals surface area contributed by atoms with Crippen LogP contribution in [0.4, 0.5) is 15.1 Å². The van der Waals surface area contributed by atoms with Crippen LogP contribution in [0.15, 0.2) is 27.8 Å². The molecule has 1 aliphatic rings. The predicted molar refractivity (Wildman–Crippen MR) is 169 cm³/mol. The van der Waals surface area contributed by atoms with Crippen LogP contribution in [0.1, 0.15) is 45.5 Å². The zero-order valence-corrected chi connectivity index (χ0v) is 26.7. The Kier molecular flexibility index (Phi) is 8.61. The zero-order chi connectivity index (χ0) is 30.2. The lowest BCUT2D eigenvalue weighted by molar-refractivity contribution is 0.0499. The molecule has 1 N–H and O–H groups in total. The molecule has 1 fully saturated rings. The first-order chi connectivity index (χ1) is 20.0. The molecule has 0 spiro atoms. The summed E-state index contributed by atoms with van der Waals surface area (Å²) in [7, 11) is 0. The molecule has 1 aromatic carbocycles. The van der Waals surface area contributed by atoms with E-state index in [0.29, 0.717) is 29.6 Å². The Morgan fingerprint density at radius 1 is 1.24 bits per heavy atom. The summed E-state index contributed by atoms with van der Waals surface area (Å²) in [6.45, 7) is 8.39. The Balaban J connectivity index is 1.57. The van der Waals surface area contributed by atoms with Gasteiger partial charge in [-0.15, -0.1) is 17.3 Å². The number of aromatic nitrogens is 5. The maximum absolute atomic E-state index is 14.0. The monoisotopic (exact) mass is 707 g/mol. The van der Waals surface area contributed by atoms with Gasteiger partial charge >= 0.3 is 11.8 Å². The van der Waals surface area contributed by atoms with Gasteiger partial charge in [-0.05, 0) is 52.7 Å². The maximum Gasteiger partial charge on any atom is 0.407 e. The Labute approximate surface area is 258 Å². The molecule has 222 valence electrons. The van der Waals surface area contributed by atoms with E-state index in [0.717, 1.165) is 22.1 Å². The van der Waals surface area contributed by atoms with Crippen molar-refractivity contribution in [2.75, 3.05) is 18.0 Å². The average molecular weight is 708 g/mol. The summed E-state index contributed by atoms with van der Waals surface area (Å²) in [5.41, 5.74) is -0.610. The van der Waals surface area contributed by atoms with Crippen molar-refractivity contribution in [3.05, 3.63) is 49.9 Å². The van der Waals surface area contributed by atoms with Crippen LogP contribution < -0.4 is 21.5 Å². The molecule has 3 aromatic heterocycles. The molecule has 1 aliphatic heterocycles. The number of carbonyl (C=O) groups is 1. The number of hydrogen-bond acceptors (Lipinski definition) is 8. The van der Waals surface area contributed by atoms with Gasteiger partial charge in [0.05, 0.1) is 27.9 Å². The SMILES string of the molecule is CC#CCn1c(N2CCC[C@@H](NC(=O)OC(C)(C)C)C2)nc2c1c(=O)n(Cc1nc3cc(F)ccc3s1)c(=O)n2CI. The normalized spacial score (nSPS) is 15.6. The molecule has 0 radical (unpaired) electrons. The third-order valence-corrected chi connectivity index (χ3v) is 8.44. The molecule has 14 heteroatoms. The average Bonchev–Trinajstić information content (AvgIpc) is 3.50. The van der Waals surface area contributed by atoms with Crippen LogP contribution in [0.25, 0.3) is 21.4 Å². The van der Waals surface area contributed by atoms with E-state index in [9.17, 15) is 18.8 Å². The Morgan fingerprint density at radius 2 is 2.02 bits per heavy atom. The molecule has 5 rings (SSSR count). The molecule has 1 amide bonds. The summed E-state index contributed by atoms with van der Waals surface area (Å²) in [6, 6.07) is 4.13. The molecular weight excluding hydrogens is 676 g/mol. The number of nitrogens with one attached hydrogen (secondary N) is 1. The lowest BCUT2D eigenvalue weighted by Gasteiger charge is -2.34. The predicted octanol–water partition coefficient (Wildman–Crippen LogP) is 4.07. The fraction of sp³-hybridized carbons (Fsp3) is 0.464. The van der Waals surface area contributed by atoms with Crippen LogP contribution in [0, 0.1) is 17.7 Å². The van der Waals surface area contributed by atoms with E-state index in [1.807, 2.05) is 25.7 Å². The largest absolute Gasteiger partial charge is 0.444 e. The number of piperidine rings is 1. The van der Waals surface area contributed by atoms with Gasteiger partial charge in [0, 0.05) is 25.2 Å². The molecule has 11 nitrogen and oxygen atoms in total. The lowest BCUT2D eigenvalue weighted by Crippen LogP contribution is -2.49. The van der Waals surface area contributed by atoms with Crippen molar-refractivity contribution in [2.45, 2.75) is 69.8 Å². The fourth-order valence-electron chi connectivity index (χ4n) is 4.98. The molecule has 4 aromatic rings. The van der Waals surface area contributed by atoms with Gasteiger partial charge in [0.15, 0.2) is 11.2 Å². The Hall–Kier alpha value is -3.45. The van der Waals surface area contributed by atoms with Crippen molar-refractivity contribution in [1.29, 1.82) is 0 Å². The molecule has 4 heterocycles. The van der Waals surface area contributed by atoms with Crippen LogP contribution >= 0.6 is 33.9 Å². The quantitative estimate of drug-likeness (QED) is 0.183. The van der Waals surface area contributed by atoms with Crippen molar-refractivity contribution in [1.82, 2.24) is 29.0 Å². The molecule has 0 aliphatic carbocycles. The van der Waals surface area contributed by atoms with E-state index in [4.69, 9.17) is 9.72 Å². The van der Waals surface area contributed by atoms with Crippen molar-refractivity contribution >= 4 is 67.3 Å². The molecule has 42 heavy (non-hydrogen) atoms. The highest BCUT2D eigenvalue weighted by Gasteiger charge is 2.29. The first kappa shape index (κ1) is 30.0.